The fourth-order valence-electron chi connectivity index (χ4n) is 2.28. The van der Waals surface area contributed by atoms with Crippen molar-refractivity contribution in [3.63, 3.8) is 0 Å². The van der Waals surface area contributed by atoms with Gasteiger partial charge in [-0.25, -0.2) is 4.39 Å². The van der Waals surface area contributed by atoms with Gasteiger partial charge in [-0.2, -0.15) is 30.4 Å². The molecule has 0 amide bonds. The van der Waals surface area contributed by atoms with Crippen molar-refractivity contribution in [1.82, 2.24) is 0 Å². The van der Waals surface area contributed by atoms with Gasteiger partial charge in [-0.3, -0.25) is 0 Å². The standard InChI is InChI=1S/C17H14F6O3S/c1-10-5-3-4-6-14(10)27(24,25)26-13-8-7-12(9-11(13)2)15(18)16(19,20)17(21,22)23/h3-9,15H,1-2H3. The van der Waals surface area contributed by atoms with Crippen LogP contribution in [0.15, 0.2) is 47.4 Å². The summed E-state index contributed by atoms with van der Waals surface area (Å²) in [7, 11) is -4.27. The minimum Gasteiger partial charge on any atom is -0.379 e. The summed E-state index contributed by atoms with van der Waals surface area (Å²) in [6.45, 7) is 2.73. The molecule has 1 atom stereocenters. The van der Waals surface area contributed by atoms with Crippen LogP contribution in [0.4, 0.5) is 26.3 Å². The molecule has 27 heavy (non-hydrogen) atoms. The second kappa shape index (κ2) is 7.06. The molecule has 0 aliphatic rings. The molecule has 2 aromatic carbocycles. The third-order valence-electron chi connectivity index (χ3n) is 3.75. The maximum atomic E-state index is 13.7. The van der Waals surface area contributed by atoms with Gasteiger partial charge in [-0.15, -0.1) is 0 Å². The summed E-state index contributed by atoms with van der Waals surface area (Å²) in [6, 6.07) is 8.03. The first-order valence-corrected chi connectivity index (χ1v) is 8.87. The molecule has 2 aromatic rings. The highest BCUT2D eigenvalue weighted by molar-refractivity contribution is 7.87. The van der Waals surface area contributed by atoms with Crippen LogP contribution >= 0.6 is 0 Å². The van der Waals surface area contributed by atoms with E-state index in [0.717, 1.165) is 6.07 Å². The topological polar surface area (TPSA) is 43.4 Å². The highest BCUT2D eigenvalue weighted by Crippen LogP contribution is 2.47. The summed E-state index contributed by atoms with van der Waals surface area (Å²) in [5.74, 6) is -5.90. The van der Waals surface area contributed by atoms with Crippen molar-refractivity contribution in [2.24, 2.45) is 0 Å². The van der Waals surface area contributed by atoms with Gasteiger partial charge >= 0.3 is 22.2 Å². The average Bonchev–Trinajstić information content (AvgIpc) is 2.55. The Hall–Kier alpha value is -2.23. The van der Waals surface area contributed by atoms with Gasteiger partial charge in [-0.05, 0) is 48.7 Å². The first-order valence-electron chi connectivity index (χ1n) is 7.46. The minimum absolute atomic E-state index is 0.120. The molecule has 0 aliphatic heterocycles. The van der Waals surface area contributed by atoms with E-state index in [0.29, 0.717) is 17.7 Å². The Morgan fingerprint density at radius 1 is 0.926 bits per heavy atom. The van der Waals surface area contributed by atoms with Gasteiger partial charge in [0.15, 0.2) is 6.17 Å². The summed E-state index contributed by atoms with van der Waals surface area (Å²) in [5.41, 5.74) is -0.679. The molecule has 0 radical (unpaired) electrons. The van der Waals surface area contributed by atoms with Crippen LogP contribution in [0.3, 0.4) is 0 Å². The van der Waals surface area contributed by atoms with Crippen molar-refractivity contribution >= 4 is 10.1 Å². The third kappa shape index (κ3) is 4.20. The van der Waals surface area contributed by atoms with E-state index in [1.54, 1.807) is 6.07 Å². The number of halogens is 6. The van der Waals surface area contributed by atoms with Crippen LogP contribution in [0.25, 0.3) is 0 Å². The van der Waals surface area contributed by atoms with Gasteiger partial charge in [-0.1, -0.05) is 24.3 Å². The van der Waals surface area contributed by atoms with Gasteiger partial charge in [0.05, 0.1) is 0 Å². The van der Waals surface area contributed by atoms with Gasteiger partial charge in [0, 0.05) is 0 Å². The summed E-state index contributed by atoms with van der Waals surface area (Å²) in [5, 5.41) is 0. The van der Waals surface area contributed by atoms with Crippen LogP contribution < -0.4 is 4.18 Å². The second-order valence-electron chi connectivity index (χ2n) is 5.81. The molecule has 0 fully saturated rings. The van der Waals surface area contributed by atoms with Gasteiger partial charge in [0.1, 0.15) is 10.6 Å². The Bertz CT molecular complexity index is 938. The Kier molecular flexibility index (Phi) is 5.51. The Balaban J connectivity index is 2.34. The van der Waals surface area contributed by atoms with Crippen molar-refractivity contribution in [3.8, 4) is 5.75 Å². The van der Waals surface area contributed by atoms with E-state index in [1.807, 2.05) is 0 Å². The zero-order valence-corrected chi connectivity index (χ0v) is 14.8. The number of alkyl halides is 6. The molecule has 2 rings (SSSR count). The lowest BCUT2D eigenvalue weighted by Gasteiger charge is -2.23. The van der Waals surface area contributed by atoms with E-state index in [2.05, 4.69) is 0 Å². The molecule has 0 aliphatic carbocycles. The molecule has 148 valence electrons. The molecule has 10 heteroatoms. The van der Waals surface area contributed by atoms with Crippen LogP contribution in [0.2, 0.25) is 0 Å². The van der Waals surface area contributed by atoms with Crippen molar-refractivity contribution in [1.29, 1.82) is 0 Å². The molecule has 0 bridgehead atoms. The highest BCUT2D eigenvalue weighted by atomic mass is 32.2. The van der Waals surface area contributed by atoms with Crippen molar-refractivity contribution in [3.05, 3.63) is 59.2 Å². The monoisotopic (exact) mass is 412 g/mol. The fourth-order valence-corrected chi connectivity index (χ4v) is 3.50. The van der Waals surface area contributed by atoms with E-state index < -0.39 is 34.0 Å². The quantitative estimate of drug-likeness (QED) is 0.496. The summed E-state index contributed by atoms with van der Waals surface area (Å²) in [4.78, 5) is -0.138. The number of aryl methyl sites for hydroxylation is 2. The number of benzene rings is 2. The molecular formula is C17H14F6O3S. The summed E-state index contributed by atoms with van der Waals surface area (Å²) < 4.78 is 107. The summed E-state index contributed by atoms with van der Waals surface area (Å²) in [6.07, 6.45) is -9.71. The highest BCUT2D eigenvalue weighted by Gasteiger charge is 2.63. The van der Waals surface area contributed by atoms with E-state index in [9.17, 15) is 34.8 Å². The van der Waals surface area contributed by atoms with Crippen LogP contribution in [-0.4, -0.2) is 20.5 Å². The Morgan fingerprint density at radius 3 is 2.04 bits per heavy atom. The smallest absolute Gasteiger partial charge is 0.379 e. The molecule has 3 nitrogen and oxygen atoms in total. The van der Waals surface area contributed by atoms with Crippen molar-refractivity contribution in [2.75, 3.05) is 0 Å². The van der Waals surface area contributed by atoms with Gasteiger partial charge in [0.25, 0.3) is 0 Å². The van der Waals surface area contributed by atoms with Crippen LogP contribution in [-0.2, 0) is 10.1 Å². The predicted octanol–water partition coefficient (Wildman–Crippen LogP) is 5.28. The average molecular weight is 412 g/mol. The lowest BCUT2D eigenvalue weighted by atomic mass is 10.0. The van der Waals surface area contributed by atoms with E-state index in [-0.39, 0.29) is 16.2 Å². The van der Waals surface area contributed by atoms with Gasteiger partial charge < -0.3 is 4.18 Å². The minimum atomic E-state index is -6.07. The largest absolute Gasteiger partial charge is 0.456 e. The van der Waals surface area contributed by atoms with E-state index in [4.69, 9.17) is 4.18 Å². The molecule has 1 unspecified atom stereocenters. The summed E-state index contributed by atoms with van der Waals surface area (Å²) >= 11 is 0. The molecule has 0 spiro atoms. The molecular weight excluding hydrogens is 398 g/mol. The number of hydrogen-bond acceptors (Lipinski definition) is 3. The number of rotatable bonds is 5. The lowest BCUT2D eigenvalue weighted by molar-refractivity contribution is -0.305. The van der Waals surface area contributed by atoms with E-state index in [1.165, 1.54) is 32.0 Å². The van der Waals surface area contributed by atoms with E-state index >= 15 is 0 Å². The van der Waals surface area contributed by atoms with Crippen LogP contribution in [0.5, 0.6) is 5.75 Å². The first kappa shape index (κ1) is 21.1. The zero-order chi connectivity index (χ0) is 20.6. The predicted molar refractivity (Wildman–Crippen MR) is 85.0 cm³/mol. The molecule has 0 aromatic heterocycles. The Morgan fingerprint density at radius 2 is 1.52 bits per heavy atom. The van der Waals surface area contributed by atoms with Gasteiger partial charge in [0.2, 0.25) is 0 Å². The number of hydrogen-bond donors (Lipinski definition) is 0. The molecule has 0 saturated carbocycles. The van der Waals surface area contributed by atoms with Crippen molar-refractivity contribution < 1.29 is 38.9 Å². The normalized spacial score (nSPS) is 14.1. The maximum absolute atomic E-state index is 13.7. The van der Waals surface area contributed by atoms with Crippen molar-refractivity contribution in [2.45, 2.75) is 37.0 Å². The lowest BCUT2D eigenvalue weighted by Crippen LogP contribution is -2.40. The van der Waals surface area contributed by atoms with Crippen LogP contribution in [0.1, 0.15) is 22.9 Å². The molecule has 0 saturated heterocycles. The first-order chi connectivity index (χ1) is 12.3. The zero-order valence-electron chi connectivity index (χ0n) is 14.0. The maximum Gasteiger partial charge on any atom is 0.456 e. The third-order valence-corrected chi connectivity index (χ3v) is 5.15. The second-order valence-corrected chi connectivity index (χ2v) is 7.33. The molecule has 0 heterocycles. The Labute approximate surface area is 151 Å². The molecule has 0 N–H and O–H groups in total. The fraction of sp³-hybridized carbons (Fsp3) is 0.294. The SMILES string of the molecule is Cc1cc(C(F)C(F)(F)C(F)(F)F)ccc1OS(=O)(=O)c1ccccc1C. The van der Waals surface area contributed by atoms with Crippen LogP contribution in [0, 0.1) is 13.8 Å².